The van der Waals surface area contributed by atoms with Crippen LogP contribution in [0.4, 0.5) is 0 Å². The van der Waals surface area contributed by atoms with Gasteiger partial charge in [0.1, 0.15) is 0 Å². The van der Waals surface area contributed by atoms with Crippen LogP contribution in [0.1, 0.15) is 45.7 Å². The summed E-state index contributed by atoms with van der Waals surface area (Å²) < 4.78 is 12.4. The highest BCUT2D eigenvalue weighted by Gasteiger charge is 2.26. The van der Waals surface area contributed by atoms with Crippen molar-refractivity contribution in [1.82, 2.24) is 5.32 Å². The fourth-order valence-electron chi connectivity index (χ4n) is 2.10. The first-order chi connectivity index (χ1) is 8.61. The normalized spacial score (nSPS) is 18.0. The second kappa shape index (κ2) is 7.70. The monoisotopic (exact) mass is 267 g/mol. The van der Waals surface area contributed by atoms with Gasteiger partial charge in [-0.2, -0.15) is 0 Å². The highest BCUT2D eigenvalue weighted by Crippen LogP contribution is 2.23. The molecule has 0 amide bonds. The van der Waals surface area contributed by atoms with Crippen LogP contribution in [0.15, 0.2) is 30.3 Å². The fraction of sp³-hybridized carbons (Fsp3) is 0.600. The summed E-state index contributed by atoms with van der Waals surface area (Å²) in [6.45, 7) is 9.24. The van der Waals surface area contributed by atoms with Crippen LogP contribution < -0.4 is 5.32 Å². The van der Waals surface area contributed by atoms with Gasteiger partial charge in [-0.25, -0.2) is 0 Å². The predicted molar refractivity (Wildman–Crippen MR) is 80.2 cm³/mol. The number of rotatable bonds is 7. The second-order valence-corrected chi connectivity index (χ2v) is 6.90. The summed E-state index contributed by atoms with van der Waals surface area (Å²) in [6.07, 6.45) is 0.963. The van der Waals surface area contributed by atoms with Gasteiger partial charge in [-0.05, 0) is 25.5 Å². The highest BCUT2D eigenvalue weighted by atomic mass is 32.2. The maximum Gasteiger partial charge on any atom is 0.0517 e. The summed E-state index contributed by atoms with van der Waals surface area (Å²) >= 11 is 0. The van der Waals surface area contributed by atoms with Crippen molar-refractivity contribution in [3.05, 3.63) is 35.9 Å². The summed E-state index contributed by atoms with van der Waals surface area (Å²) in [5.74, 6) is 0. The highest BCUT2D eigenvalue weighted by molar-refractivity contribution is 7.86. The van der Waals surface area contributed by atoms with E-state index < -0.39 is 10.8 Å². The van der Waals surface area contributed by atoms with Crippen LogP contribution in [0.2, 0.25) is 0 Å². The maximum atomic E-state index is 12.4. The molecule has 0 aromatic heterocycles. The third-order valence-electron chi connectivity index (χ3n) is 3.39. The summed E-state index contributed by atoms with van der Waals surface area (Å²) in [7, 11) is -0.804. The first-order valence-electron chi connectivity index (χ1n) is 6.79. The SMILES string of the molecule is CCNC(c1ccccc1)C(C)S(=O)C(C)CC. The third kappa shape index (κ3) is 3.92. The second-order valence-electron chi connectivity index (χ2n) is 4.70. The minimum absolute atomic E-state index is 0.127. The van der Waals surface area contributed by atoms with Crippen molar-refractivity contribution in [3.63, 3.8) is 0 Å². The lowest BCUT2D eigenvalue weighted by Gasteiger charge is -2.26. The Morgan fingerprint density at radius 1 is 1.17 bits per heavy atom. The Hall–Kier alpha value is -0.670. The van der Waals surface area contributed by atoms with E-state index in [0.717, 1.165) is 13.0 Å². The predicted octanol–water partition coefficient (Wildman–Crippen LogP) is 3.27. The molecule has 0 aliphatic rings. The van der Waals surface area contributed by atoms with E-state index in [9.17, 15) is 4.21 Å². The molecule has 0 fully saturated rings. The van der Waals surface area contributed by atoms with E-state index in [1.54, 1.807) is 0 Å². The minimum Gasteiger partial charge on any atom is -0.309 e. The molecule has 0 saturated carbocycles. The minimum atomic E-state index is -0.804. The van der Waals surface area contributed by atoms with Crippen molar-refractivity contribution < 1.29 is 4.21 Å². The molecule has 0 aliphatic heterocycles. The topological polar surface area (TPSA) is 29.1 Å². The molecule has 4 atom stereocenters. The van der Waals surface area contributed by atoms with Gasteiger partial charge in [-0.1, -0.05) is 51.1 Å². The fourth-order valence-corrected chi connectivity index (χ4v) is 3.68. The Balaban J connectivity index is 2.88. The van der Waals surface area contributed by atoms with E-state index in [2.05, 4.69) is 45.1 Å². The molecule has 0 saturated heterocycles. The van der Waals surface area contributed by atoms with Gasteiger partial charge in [0, 0.05) is 22.1 Å². The molecule has 1 rings (SSSR count). The molecule has 3 heteroatoms. The Morgan fingerprint density at radius 2 is 1.78 bits per heavy atom. The van der Waals surface area contributed by atoms with Crippen LogP contribution in [-0.2, 0) is 10.8 Å². The van der Waals surface area contributed by atoms with E-state index in [0.29, 0.717) is 0 Å². The smallest absolute Gasteiger partial charge is 0.0517 e. The largest absolute Gasteiger partial charge is 0.309 e. The van der Waals surface area contributed by atoms with E-state index in [1.807, 2.05) is 18.2 Å². The molecule has 0 radical (unpaired) electrons. The van der Waals surface area contributed by atoms with Crippen LogP contribution in [0, 0.1) is 0 Å². The summed E-state index contributed by atoms with van der Waals surface area (Å²) in [5.41, 5.74) is 1.23. The molecule has 102 valence electrons. The molecular weight excluding hydrogens is 242 g/mol. The molecule has 1 aromatic carbocycles. The van der Waals surface area contributed by atoms with E-state index in [-0.39, 0.29) is 16.5 Å². The van der Waals surface area contributed by atoms with Crippen molar-refractivity contribution in [1.29, 1.82) is 0 Å². The first-order valence-corrected chi connectivity index (χ1v) is 8.07. The van der Waals surface area contributed by atoms with Gasteiger partial charge in [0.2, 0.25) is 0 Å². The van der Waals surface area contributed by atoms with Crippen molar-refractivity contribution >= 4 is 10.8 Å². The van der Waals surface area contributed by atoms with Gasteiger partial charge in [0.25, 0.3) is 0 Å². The standard InChI is InChI=1S/C15H25NOS/c1-5-12(3)18(17)13(4)15(16-6-2)14-10-8-7-9-11-14/h7-13,15-16H,5-6H2,1-4H3. The van der Waals surface area contributed by atoms with Crippen molar-refractivity contribution in [3.8, 4) is 0 Å². The van der Waals surface area contributed by atoms with Crippen molar-refractivity contribution in [2.24, 2.45) is 0 Å². The van der Waals surface area contributed by atoms with Gasteiger partial charge in [0.05, 0.1) is 5.25 Å². The van der Waals surface area contributed by atoms with Gasteiger partial charge in [-0.15, -0.1) is 0 Å². The molecule has 0 spiro atoms. The number of hydrogen-bond acceptors (Lipinski definition) is 2. The summed E-state index contributed by atoms with van der Waals surface area (Å²) in [5, 5.41) is 3.85. The number of nitrogens with one attached hydrogen (secondary N) is 1. The first kappa shape index (κ1) is 15.4. The molecule has 2 nitrogen and oxygen atoms in total. The molecule has 1 N–H and O–H groups in total. The van der Waals surface area contributed by atoms with Crippen molar-refractivity contribution in [2.45, 2.75) is 50.7 Å². The van der Waals surface area contributed by atoms with Crippen molar-refractivity contribution in [2.75, 3.05) is 6.54 Å². The van der Waals surface area contributed by atoms with Gasteiger partial charge < -0.3 is 5.32 Å². The molecule has 18 heavy (non-hydrogen) atoms. The van der Waals surface area contributed by atoms with E-state index >= 15 is 0 Å². The molecule has 1 aromatic rings. The van der Waals surface area contributed by atoms with Gasteiger partial charge in [0.15, 0.2) is 0 Å². The van der Waals surface area contributed by atoms with Crippen LogP contribution in [0.25, 0.3) is 0 Å². The van der Waals surface area contributed by atoms with Crippen LogP contribution in [0.3, 0.4) is 0 Å². The quantitative estimate of drug-likeness (QED) is 0.821. The van der Waals surface area contributed by atoms with Crippen LogP contribution >= 0.6 is 0 Å². The lowest BCUT2D eigenvalue weighted by molar-refractivity contribution is 0.532. The molecule has 0 aliphatic carbocycles. The van der Waals surface area contributed by atoms with Gasteiger partial charge in [-0.3, -0.25) is 4.21 Å². The molecular formula is C15H25NOS. The number of benzene rings is 1. The zero-order valence-corrected chi connectivity index (χ0v) is 12.7. The van der Waals surface area contributed by atoms with E-state index in [4.69, 9.17) is 0 Å². The zero-order chi connectivity index (χ0) is 13.5. The summed E-state index contributed by atoms with van der Waals surface area (Å²) in [4.78, 5) is 0. The Morgan fingerprint density at radius 3 is 2.28 bits per heavy atom. The third-order valence-corrected chi connectivity index (χ3v) is 5.52. The van der Waals surface area contributed by atoms with Crippen LogP contribution in [0.5, 0.6) is 0 Å². The molecule has 0 heterocycles. The lowest BCUT2D eigenvalue weighted by Crippen LogP contribution is -2.35. The van der Waals surface area contributed by atoms with Gasteiger partial charge >= 0.3 is 0 Å². The molecule has 0 bridgehead atoms. The average molecular weight is 267 g/mol. The Labute approximate surface area is 114 Å². The number of hydrogen-bond donors (Lipinski definition) is 1. The lowest BCUT2D eigenvalue weighted by atomic mass is 10.0. The Kier molecular flexibility index (Phi) is 6.58. The molecule has 4 unspecified atom stereocenters. The van der Waals surface area contributed by atoms with Crippen LogP contribution in [-0.4, -0.2) is 21.3 Å². The average Bonchev–Trinajstić information content (AvgIpc) is 2.43. The Bertz CT molecular complexity index is 366. The van der Waals surface area contributed by atoms with E-state index in [1.165, 1.54) is 5.56 Å². The zero-order valence-electron chi connectivity index (χ0n) is 11.8. The maximum absolute atomic E-state index is 12.4. The summed E-state index contributed by atoms with van der Waals surface area (Å²) in [6, 6.07) is 10.5.